The molecule has 0 saturated heterocycles. The largest absolute Gasteiger partial charge is 0.346 e. The zero-order valence-electron chi connectivity index (χ0n) is 9.38. The van der Waals surface area contributed by atoms with Crippen molar-refractivity contribution in [1.29, 1.82) is 0 Å². The number of rotatable bonds is 5. The van der Waals surface area contributed by atoms with Gasteiger partial charge in [0.25, 0.3) is 0 Å². The molecule has 0 radical (unpaired) electrons. The first kappa shape index (κ1) is 11.7. The first-order valence-electron chi connectivity index (χ1n) is 5.31. The fourth-order valence-electron chi connectivity index (χ4n) is 1.42. The molecule has 0 bridgehead atoms. The summed E-state index contributed by atoms with van der Waals surface area (Å²) in [7, 11) is 0. The molecular formula is C10H13N5OS. The maximum absolute atomic E-state index is 11.7. The summed E-state index contributed by atoms with van der Waals surface area (Å²) in [5.41, 5.74) is 0. The number of aromatic amines is 1. The van der Waals surface area contributed by atoms with Gasteiger partial charge < -0.3 is 5.32 Å². The molecule has 90 valence electrons. The monoisotopic (exact) mass is 251 g/mol. The molecule has 2 aromatic heterocycles. The maximum Gasteiger partial charge on any atom is 0.220 e. The molecule has 0 aliphatic carbocycles. The lowest BCUT2D eigenvalue weighted by atomic mass is 10.2. The van der Waals surface area contributed by atoms with E-state index in [0.29, 0.717) is 12.2 Å². The Kier molecular flexibility index (Phi) is 3.81. The quantitative estimate of drug-likeness (QED) is 0.832. The topological polar surface area (TPSA) is 83.6 Å². The van der Waals surface area contributed by atoms with Gasteiger partial charge >= 0.3 is 0 Å². The molecule has 0 spiro atoms. The number of carbonyl (C=O) groups excluding carboxylic acids is 1. The van der Waals surface area contributed by atoms with Crippen LogP contribution in [0.15, 0.2) is 17.5 Å². The Morgan fingerprint density at radius 2 is 2.53 bits per heavy atom. The Bertz CT molecular complexity index is 453. The standard InChI is InChI=1S/C10H13N5OS/c1-7(10-12-14-15-13-10)11-9(16)5-4-8-3-2-6-17-8/h2-3,6-7H,4-5H2,1H3,(H,11,16)(H,12,13,14,15). The molecule has 0 aliphatic rings. The number of aryl methyl sites for hydroxylation is 1. The van der Waals surface area contributed by atoms with E-state index in [1.54, 1.807) is 11.3 Å². The van der Waals surface area contributed by atoms with Crippen LogP contribution in [0.1, 0.15) is 30.1 Å². The van der Waals surface area contributed by atoms with Crippen molar-refractivity contribution in [3.05, 3.63) is 28.2 Å². The summed E-state index contributed by atoms with van der Waals surface area (Å²) in [5, 5.41) is 18.3. The Labute approximate surface area is 102 Å². The highest BCUT2D eigenvalue weighted by atomic mass is 32.1. The third kappa shape index (κ3) is 3.35. The van der Waals surface area contributed by atoms with Crippen LogP contribution in [0, 0.1) is 0 Å². The second-order valence-corrected chi connectivity index (χ2v) is 4.67. The number of hydrogen-bond donors (Lipinski definition) is 2. The summed E-state index contributed by atoms with van der Waals surface area (Å²) in [6.45, 7) is 1.83. The Morgan fingerprint density at radius 3 is 3.18 bits per heavy atom. The van der Waals surface area contributed by atoms with E-state index >= 15 is 0 Å². The molecule has 0 aromatic carbocycles. The van der Waals surface area contributed by atoms with Crippen LogP contribution < -0.4 is 5.32 Å². The highest BCUT2D eigenvalue weighted by Gasteiger charge is 2.13. The lowest BCUT2D eigenvalue weighted by Gasteiger charge is -2.09. The number of amides is 1. The molecule has 0 saturated carbocycles. The summed E-state index contributed by atoms with van der Waals surface area (Å²) in [5.74, 6) is 0.491. The summed E-state index contributed by atoms with van der Waals surface area (Å²) >= 11 is 1.66. The predicted molar refractivity (Wildman–Crippen MR) is 63.4 cm³/mol. The van der Waals surface area contributed by atoms with Gasteiger partial charge in [0.15, 0.2) is 5.82 Å². The van der Waals surface area contributed by atoms with Gasteiger partial charge in [0.1, 0.15) is 0 Å². The fourth-order valence-corrected chi connectivity index (χ4v) is 2.13. The van der Waals surface area contributed by atoms with Crippen molar-refractivity contribution in [2.75, 3.05) is 0 Å². The number of hydrogen-bond acceptors (Lipinski definition) is 5. The highest BCUT2D eigenvalue weighted by molar-refractivity contribution is 7.09. The van der Waals surface area contributed by atoms with Crippen LogP contribution in [0.5, 0.6) is 0 Å². The normalized spacial score (nSPS) is 12.3. The third-order valence-corrected chi connectivity index (χ3v) is 3.24. The van der Waals surface area contributed by atoms with Gasteiger partial charge in [-0.1, -0.05) is 11.3 Å². The van der Waals surface area contributed by atoms with Crippen LogP contribution in [0.4, 0.5) is 0 Å². The third-order valence-electron chi connectivity index (χ3n) is 2.31. The van der Waals surface area contributed by atoms with E-state index in [9.17, 15) is 4.79 Å². The molecule has 2 heterocycles. The van der Waals surface area contributed by atoms with Gasteiger partial charge in [0.2, 0.25) is 5.91 Å². The van der Waals surface area contributed by atoms with E-state index < -0.39 is 0 Å². The van der Waals surface area contributed by atoms with Crippen molar-refractivity contribution in [1.82, 2.24) is 25.9 Å². The predicted octanol–water partition coefficient (Wildman–Crippen LogP) is 1.07. The summed E-state index contributed by atoms with van der Waals surface area (Å²) in [4.78, 5) is 12.9. The van der Waals surface area contributed by atoms with Gasteiger partial charge in [-0.15, -0.1) is 21.5 Å². The summed E-state index contributed by atoms with van der Waals surface area (Å²) in [6.07, 6.45) is 1.24. The van der Waals surface area contributed by atoms with Crippen molar-refractivity contribution < 1.29 is 4.79 Å². The van der Waals surface area contributed by atoms with E-state index in [2.05, 4.69) is 25.9 Å². The summed E-state index contributed by atoms with van der Waals surface area (Å²) < 4.78 is 0. The number of carbonyl (C=O) groups is 1. The van der Waals surface area contributed by atoms with Crippen molar-refractivity contribution in [2.45, 2.75) is 25.8 Å². The second kappa shape index (κ2) is 5.53. The van der Waals surface area contributed by atoms with Crippen molar-refractivity contribution in [3.63, 3.8) is 0 Å². The number of nitrogens with one attached hydrogen (secondary N) is 2. The first-order chi connectivity index (χ1) is 8.25. The molecule has 2 rings (SSSR count). The number of H-pyrrole nitrogens is 1. The Morgan fingerprint density at radius 1 is 1.65 bits per heavy atom. The van der Waals surface area contributed by atoms with Crippen LogP contribution in [0.2, 0.25) is 0 Å². The molecule has 6 nitrogen and oxygen atoms in total. The van der Waals surface area contributed by atoms with Crippen LogP contribution in [0.25, 0.3) is 0 Å². The number of tetrazole rings is 1. The number of nitrogens with zero attached hydrogens (tertiary/aromatic N) is 3. The molecule has 1 atom stereocenters. The Balaban J connectivity index is 1.77. The first-order valence-corrected chi connectivity index (χ1v) is 6.19. The summed E-state index contributed by atoms with van der Waals surface area (Å²) in [6, 6.07) is 3.80. The fraction of sp³-hybridized carbons (Fsp3) is 0.400. The molecule has 1 amide bonds. The van der Waals surface area contributed by atoms with E-state index in [1.807, 2.05) is 24.4 Å². The lowest BCUT2D eigenvalue weighted by molar-refractivity contribution is -0.121. The second-order valence-electron chi connectivity index (χ2n) is 3.64. The van der Waals surface area contributed by atoms with Gasteiger partial charge in [-0.05, 0) is 24.8 Å². The van der Waals surface area contributed by atoms with Crippen molar-refractivity contribution in [2.24, 2.45) is 0 Å². The average Bonchev–Trinajstić information content (AvgIpc) is 2.99. The molecule has 0 fully saturated rings. The minimum Gasteiger partial charge on any atom is -0.346 e. The minimum absolute atomic E-state index is 0.00398. The maximum atomic E-state index is 11.7. The van der Waals surface area contributed by atoms with Crippen molar-refractivity contribution in [3.8, 4) is 0 Å². The molecule has 0 aliphatic heterocycles. The van der Waals surface area contributed by atoms with Crippen LogP contribution in [-0.2, 0) is 11.2 Å². The molecular weight excluding hydrogens is 238 g/mol. The molecule has 1 unspecified atom stereocenters. The smallest absolute Gasteiger partial charge is 0.220 e. The zero-order chi connectivity index (χ0) is 12.1. The highest BCUT2D eigenvalue weighted by Crippen LogP contribution is 2.11. The number of thiophene rings is 1. The lowest BCUT2D eigenvalue weighted by Crippen LogP contribution is -2.27. The van der Waals surface area contributed by atoms with Gasteiger partial charge in [0.05, 0.1) is 6.04 Å². The van der Waals surface area contributed by atoms with E-state index in [-0.39, 0.29) is 11.9 Å². The van der Waals surface area contributed by atoms with Crippen LogP contribution in [0.3, 0.4) is 0 Å². The zero-order valence-corrected chi connectivity index (χ0v) is 10.2. The van der Waals surface area contributed by atoms with E-state index in [4.69, 9.17) is 0 Å². The molecule has 2 N–H and O–H groups in total. The average molecular weight is 251 g/mol. The molecule has 17 heavy (non-hydrogen) atoms. The molecule has 7 heteroatoms. The van der Waals surface area contributed by atoms with Gasteiger partial charge in [-0.25, -0.2) is 0 Å². The van der Waals surface area contributed by atoms with Crippen LogP contribution >= 0.6 is 11.3 Å². The van der Waals surface area contributed by atoms with E-state index in [1.165, 1.54) is 4.88 Å². The van der Waals surface area contributed by atoms with Gasteiger partial charge in [-0.3, -0.25) is 4.79 Å². The van der Waals surface area contributed by atoms with Gasteiger partial charge in [-0.2, -0.15) is 5.21 Å². The van der Waals surface area contributed by atoms with Crippen molar-refractivity contribution >= 4 is 17.2 Å². The minimum atomic E-state index is -0.218. The Hall–Kier alpha value is -1.76. The molecule has 2 aromatic rings. The van der Waals surface area contributed by atoms with Gasteiger partial charge in [0, 0.05) is 11.3 Å². The number of aromatic nitrogens is 4. The van der Waals surface area contributed by atoms with Crippen LogP contribution in [-0.4, -0.2) is 26.5 Å². The SMILES string of the molecule is CC(NC(=O)CCc1cccs1)c1nn[nH]n1. The van der Waals surface area contributed by atoms with E-state index in [0.717, 1.165) is 6.42 Å².